The molecule has 4 nitrogen and oxygen atoms in total. The standard InChI is InChI=1S/C21H24N2O2S/c1-12-10-16(12)18(14-6-4-3-5-7-14)23-21(25)19-13(2)11-17(26-19)22-20(24)15-8-9-15/h3-7,11-12,15-16,18H,8-10H2,1-2H3,(H,22,24)(H,23,25). The molecule has 0 spiro atoms. The molecule has 1 aromatic heterocycles. The van der Waals surface area contributed by atoms with Crippen molar-refractivity contribution in [3.05, 3.63) is 52.4 Å². The molecule has 3 unspecified atom stereocenters. The lowest BCUT2D eigenvalue weighted by Crippen LogP contribution is -2.30. The van der Waals surface area contributed by atoms with Gasteiger partial charge in [0.2, 0.25) is 5.91 Å². The van der Waals surface area contributed by atoms with E-state index in [0.29, 0.717) is 16.7 Å². The third-order valence-electron chi connectivity index (χ3n) is 5.36. The summed E-state index contributed by atoms with van der Waals surface area (Å²) < 4.78 is 0. The number of carbonyl (C=O) groups is 2. The highest BCUT2D eigenvalue weighted by atomic mass is 32.1. The molecule has 2 amide bonds. The molecule has 2 aliphatic rings. The molecule has 26 heavy (non-hydrogen) atoms. The van der Waals surface area contributed by atoms with Crippen LogP contribution < -0.4 is 10.6 Å². The van der Waals surface area contributed by atoms with E-state index in [1.165, 1.54) is 11.3 Å². The van der Waals surface area contributed by atoms with E-state index in [-0.39, 0.29) is 23.8 Å². The zero-order chi connectivity index (χ0) is 18.3. The predicted molar refractivity (Wildman–Crippen MR) is 104 cm³/mol. The van der Waals surface area contributed by atoms with Gasteiger partial charge in [0, 0.05) is 5.92 Å². The average Bonchev–Trinajstić information content (AvgIpc) is 3.54. The maximum Gasteiger partial charge on any atom is 0.262 e. The highest BCUT2D eigenvalue weighted by Crippen LogP contribution is 2.47. The molecule has 2 N–H and O–H groups in total. The molecule has 2 fully saturated rings. The molecule has 0 saturated heterocycles. The molecule has 0 aliphatic heterocycles. The number of benzene rings is 1. The first-order valence-electron chi connectivity index (χ1n) is 9.30. The van der Waals surface area contributed by atoms with Crippen molar-refractivity contribution in [2.75, 3.05) is 5.32 Å². The van der Waals surface area contributed by atoms with Crippen LogP contribution in [0.1, 0.15) is 53.0 Å². The topological polar surface area (TPSA) is 58.2 Å². The van der Waals surface area contributed by atoms with E-state index in [1.54, 1.807) is 0 Å². The van der Waals surface area contributed by atoms with Crippen LogP contribution in [0.4, 0.5) is 5.00 Å². The third kappa shape index (κ3) is 3.68. The number of carbonyl (C=O) groups excluding carboxylic acids is 2. The average molecular weight is 369 g/mol. The van der Waals surface area contributed by atoms with Crippen LogP contribution in [0.2, 0.25) is 0 Å². The van der Waals surface area contributed by atoms with Crippen molar-refractivity contribution in [2.45, 2.75) is 39.2 Å². The quantitative estimate of drug-likeness (QED) is 0.787. The number of aryl methyl sites for hydroxylation is 1. The van der Waals surface area contributed by atoms with E-state index >= 15 is 0 Å². The lowest BCUT2D eigenvalue weighted by molar-refractivity contribution is -0.117. The largest absolute Gasteiger partial charge is 0.344 e. The van der Waals surface area contributed by atoms with Crippen molar-refractivity contribution in [2.24, 2.45) is 17.8 Å². The summed E-state index contributed by atoms with van der Waals surface area (Å²) in [5.74, 6) is 1.32. The second-order valence-electron chi connectivity index (χ2n) is 7.62. The van der Waals surface area contributed by atoms with Gasteiger partial charge in [0.1, 0.15) is 0 Å². The Bertz CT molecular complexity index is 826. The molecule has 1 heterocycles. The van der Waals surface area contributed by atoms with Crippen LogP contribution in [-0.2, 0) is 4.79 Å². The second kappa shape index (κ2) is 6.88. The predicted octanol–water partition coefficient (Wildman–Crippen LogP) is 4.53. The highest BCUT2D eigenvalue weighted by molar-refractivity contribution is 7.18. The molecule has 2 saturated carbocycles. The summed E-state index contributed by atoms with van der Waals surface area (Å²) in [7, 11) is 0. The van der Waals surface area contributed by atoms with Crippen molar-refractivity contribution < 1.29 is 9.59 Å². The Balaban J connectivity index is 1.49. The summed E-state index contributed by atoms with van der Waals surface area (Å²) in [5.41, 5.74) is 2.07. The zero-order valence-corrected chi connectivity index (χ0v) is 15.9. The monoisotopic (exact) mass is 368 g/mol. The van der Waals surface area contributed by atoms with Gasteiger partial charge in [0.15, 0.2) is 0 Å². The van der Waals surface area contributed by atoms with Crippen LogP contribution in [0, 0.1) is 24.7 Å². The smallest absolute Gasteiger partial charge is 0.262 e. The number of nitrogens with one attached hydrogen (secondary N) is 2. The number of anilines is 1. The van der Waals surface area contributed by atoms with Gasteiger partial charge in [0.05, 0.1) is 15.9 Å². The number of hydrogen-bond donors (Lipinski definition) is 2. The molecule has 136 valence electrons. The van der Waals surface area contributed by atoms with Crippen LogP contribution in [0.25, 0.3) is 0 Å². The van der Waals surface area contributed by atoms with Gasteiger partial charge in [-0.15, -0.1) is 11.3 Å². The minimum Gasteiger partial charge on any atom is -0.344 e. The molecule has 2 aliphatic carbocycles. The van der Waals surface area contributed by atoms with Gasteiger partial charge in [-0.3, -0.25) is 9.59 Å². The van der Waals surface area contributed by atoms with Crippen LogP contribution in [0.5, 0.6) is 0 Å². The molecular weight excluding hydrogens is 344 g/mol. The van der Waals surface area contributed by atoms with Gasteiger partial charge in [-0.2, -0.15) is 0 Å². The van der Waals surface area contributed by atoms with Gasteiger partial charge in [-0.25, -0.2) is 0 Å². The first kappa shape index (κ1) is 17.3. The third-order valence-corrected chi connectivity index (χ3v) is 6.52. The van der Waals surface area contributed by atoms with E-state index < -0.39 is 0 Å². The summed E-state index contributed by atoms with van der Waals surface area (Å²) >= 11 is 1.37. The molecule has 3 atom stereocenters. The summed E-state index contributed by atoms with van der Waals surface area (Å²) in [5, 5.41) is 6.95. The van der Waals surface area contributed by atoms with E-state index in [0.717, 1.165) is 35.4 Å². The maximum atomic E-state index is 12.9. The minimum absolute atomic E-state index is 0.0460. The van der Waals surface area contributed by atoms with Crippen molar-refractivity contribution >= 4 is 28.2 Å². The van der Waals surface area contributed by atoms with Crippen molar-refractivity contribution in [1.82, 2.24) is 5.32 Å². The van der Waals surface area contributed by atoms with Crippen LogP contribution in [-0.4, -0.2) is 11.8 Å². The van der Waals surface area contributed by atoms with Crippen molar-refractivity contribution in [1.29, 1.82) is 0 Å². The normalized spacial score (nSPS) is 22.5. The molecule has 0 bridgehead atoms. The van der Waals surface area contributed by atoms with Gasteiger partial charge < -0.3 is 10.6 Å². The Morgan fingerprint density at radius 1 is 1.19 bits per heavy atom. The Kier molecular flexibility index (Phi) is 4.57. The summed E-state index contributed by atoms with van der Waals surface area (Å²) in [6.07, 6.45) is 3.09. The fourth-order valence-electron chi connectivity index (χ4n) is 3.46. The molecule has 4 rings (SSSR count). The van der Waals surface area contributed by atoms with E-state index in [9.17, 15) is 9.59 Å². The van der Waals surface area contributed by atoms with E-state index in [4.69, 9.17) is 0 Å². The Morgan fingerprint density at radius 3 is 2.50 bits per heavy atom. The zero-order valence-electron chi connectivity index (χ0n) is 15.1. The highest BCUT2D eigenvalue weighted by Gasteiger charge is 2.41. The SMILES string of the molecule is Cc1cc(NC(=O)C2CC2)sc1C(=O)NC(c1ccccc1)C1CC1C. The summed E-state index contributed by atoms with van der Waals surface area (Å²) in [6, 6.07) is 12.1. The molecule has 1 aromatic carbocycles. The first-order valence-corrected chi connectivity index (χ1v) is 10.1. The lowest BCUT2D eigenvalue weighted by atomic mass is 10.0. The summed E-state index contributed by atoms with van der Waals surface area (Å²) in [4.78, 5) is 25.6. The molecule has 0 radical (unpaired) electrons. The van der Waals surface area contributed by atoms with Crippen molar-refractivity contribution in [3.8, 4) is 0 Å². The number of rotatable bonds is 6. The van der Waals surface area contributed by atoms with Crippen molar-refractivity contribution in [3.63, 3.8) is 0 Å². The Labute approximate surface area is 158 Å². The van der Waals surface area contributed by atoms with E-state index in [1.807, 2.05) is 31.2 Å². The van der Waals surface area contributed by atoms with Crippen LogP contribution in [0.3, 0.4) is 0 Å². The number of amides is 2. The van der Waals surface area contributed by atoms with Gasteiger partial charge in [-0.05, 0) is 55.2 Å². The Morgan fingerprint density at radius 2 is 1.88 bits per heavy atom. The minimum atomic E-state index is -0.0487. The van der Waals surface area contributed by atoms with Gasteiger partial charge in [-0.1, -0.05) is 37.3 Å². The van der Waals surface area contributed by atoms with E-state index in [2.05, 4.69) is 29.7 Å². The summed E-state index contributed by atoms with van der Waals surface area (Å²) in [6.45, 7) is 4.16. The lowest BCUT2D eigenvalue weighted by Gasteiger charge is -2.19. The molecule has 5 heteroatoms. The second-order valence-corrected chi connectivity index (χ2v) is 8.68. The number of thiophene rings is 1. The Hall–Kier alpha value is -2.14. The molecular formula is C21H24N2O2S. The fourth-order valence-corrected chi connectivity index (χ4v) is 4.44. The maximum absolute atomic E-state index is 12.9. The van der Waals surface area contributed by atoms with Crippen LogP contribution >= 0.6 is 11.3 Å². The van der Waals surface area contributed by atoms with Crippen LogP contribution in [0.15, 0.2) is 36.4 Å². The van der Waals surface area contributed by atoms with Gasteiger partial charge >= 0.3 is 0 Å². The first-order chi connectivity index (χ1) is 12.5. The number of hydrogen-bond acceptors (Lipinski definition) is 3. The molecule has 2 aromatic rings. The fraction of sp³-hybridized carbons (Fsp3) is 0.429. The van der Waals surface area contributed by atoms with Gasteiger partial charge in [0.25, 0.3) is 5.91 Å².